The highest BCUT2D eigenvalue weighted by Crippen LogP contribution is 2.17. The molecule has 0 aromatic heterocycles. The van der Waals surface area contributed by atoms with Gasteiger partial charge < -0.3 is 20.9 Å². The van der Waals surface area contributed by atoms with Crippen LogP contribution in [-0.2, 0) is 33.1 Å². The van der Waals surface area contributed by atoms with Gasteiger partial charge in [0.25, 0.3) is 0 Å². The second kappa shape index (κ2) is 14.8. The summed E-state index contributed by atoms with van der Waals surface area (Å²) >= 11 is 0. The van der Waals surface area contributed by atoms with Crippen LogP contribution < -0.4 is 30.4 Å². The van der Waals surface area contributed by atoms with Gasteiger partial charge in [-0.1, -0.05) is 48.5 Å². The average Bonchev–Trinajstić information content (AvgIpc) is 3.04. The SMILES string of the molecule is N=C(N)c1cccc(S(=O)(=O)NCc2ccc(OCCCOc3ccc(CNS(=O)(=O)c4cccc(C(=N)N)c4)cc3)cc2)c1. The number of benzene rings is 4. The molecule has 0 aliphatic carbocycles. The summed E-state index contributed by atoms with van der Waals surface area (Å²) in [6, 6.07) is 25.9. The predicted octanol–water partition coefficient (Wildman–Crippen LogP) is 3.06. The fourth-order valence-electron chi connectivity index (χ4n) is 4.03. The van der Waals surface area contributed by atoms with Gasteiger partial charge in [-0.25, -0.2) is 26.3 Å². The van der Waals surface area contributed by atoms with E-state index in [1.807, 2.05) is 0 Å². The van der Waals surface area contributed by atoms with Crippen LogP contribution in [0.4, 0.5) is 0 Å². The van der Waals surface area contributed by atoms with Crippen LogP contribution in [0.15, 0.2) is 107 Å². The third kappa shape index (κ3) is 9.61. The number of sulfonamides is 2. The van der Waals surface area contributed by atoms with Gasteiger partial charge in [0, 0.05) is 30.6 Å². The maximum absolute atomic E-state index is 12.6. The monoisotopic (exact) mass is 650 g/mol. The van der Waals surface area contributed by atoms with Gasteiger partial charge >= 0.3 is 0 Å². The van der Waals surface area contributed by atoms with Gasteiger partial charge in [-0.05, 0) is 59.7 Å². The molecule has 0 heterocycles. The van der Waals surface area contributed by atoms with E-state index in [1.54, 1.807) is 60.7 Å². The normalized spacial score (nSPS) is 11.6. The summed E-state index contributed by atoms with van der Waals surface area (Å²) in [5.41, 5.74) is 13.1. The van der Waals surface area contributed by atoms with Gasteiger partial charge in [0.15, 0.2) is 0 Å². The van der Waals surface area contributed by atoms with Gasteiger partial charge in [-0.2, -0.15) is 0 Å². The molecule has 0 bridgehead atoms. The van der Waals surface area contributed by atoms with Gasteiger partial charge in [-0.15, -0.1) is 0 Å². The molecule has 4 aromatic rings. The van der Waals surface area contributed by atoms with E-state index in [0.717, 1.165) is 11.1 Å². The van der Waals surface area contributed by atoms with E-state index in [0.29, 0.717) is 42.3 Å². The lowest BCUT2D eigenvalue weighted by Crippen LogP contribution is -2.23. The molecule has 0 amide bonds. The van der Waals surface area contributed by atoms with Crippen molar-refractivity contribution in [1.82, 2.24) is 9.44 Å². The number of hydrogen-bond acceptors (Lipinski definition) is 8. The zero-order chi connectivity index (χ0) is 32.5. The number of hydrogen-bond donors (Lipinski definition) is 6. The highest BCUT2D eigenvalue weighted by Gasteiger charge is 2.16. The van der Waals surface area contributed by atoms with Crippen LogP contribution in [0.3, 0.4) is 0 Å². The van der Waals surface area contributed by atoms with Crippen molar-refractivity contribution in [1.29, 1.82) is 10.8 Å². The Bertz CT molecular complexity index is 1730. The smallest absolute Gasteiger partial charge is 0.240 e. The lowest BCUT2D eigenvalue weighted by Gasteiger charge is -2.11. The van der Waals surface area contributed by atoms with Crippen LogP contribution in [-0.4, -0.2) is 41.7 Å². The maximum atomic E-state index is 12.6. The molecule has 0 saturated heterocycles. The predicted molar refractivity (Wildman–Crippen MR) is 171 cm³/mol. The molecule has 0 aliphatic rings. The molecular formula is C31H34N6O6S2. The summed E-state index contributed by atoms with van der Waals surface area (Å²) in [5, 5.41) is 15.0. The van der Waals surface area contributed by atoms with E-state index in [4.69, 9.17) is 31.8 Å². The van der Waals surface area contributed by atoms with Gasteiger partial charge in [0.2, 0.25) is 20.0 Å². The van der Waals surface area contributed by atoms with E-state index < -0.39 is 20.0 Å². The Hall–Kier alpha value is -4.76. The Balaban J connectivity index is 1.16. The first-order valence-corrected chi connectivity index (χ1v) is 16.7. The minimum atomic E-state index is -3.78. The zero-order valence-corrected chi connectivity index (χ0v) is 25.8. The molecule has 236 valence electrons. The number of rotatable bonds is 16. The largest absolute Gasteiger partial charge is 0.493 e. The summed E-state index contributed by atoms with van der Waals surface area (Å²) in [4.78, 5) is 0.0657. The molecular weight excluding hydrogens is 617 g/mol. The summed E-state index contributed by atoms with van der Waals surface area (Å²) in [7, 11) is -7.56. The van der Waals surface area contributed by atoms with Crippen molar-refractivity contribution in [2.24, 2.45) is 11.5 Å². The second-order valence-electron chi connectivity index (χ2n) is 9.87. The van der Waals surface area contributed by atoms with E-state index in [9.17, 15) is 16.8 Å². The first kappa shape index (κ1) is 33.1. The molecule has 14 heteroatoms. The van der Waals surface area contributed by atoms with E-state index >= 15 is 0 Å². The molecule has 0 atom stereocenters. The van der Waals surface area contributed by atoms with Crippen molar-refractivity contribution in [2.75, 3.05) is 13.2 Å². The van der Waals surface area contributed by atoms with E-state index in [-0.39, 0.29) is 34.6 Å². The first-order chi connectivity index (χ1) is 21.4. The van der Waals surface area contributed by atoms with Gasteiger partial charge in [0.05, 0.1) is 23.0 Å². The molecule has 0 saturated carbocycles. The van der Waals surface area contributed by atoms with Crippen LogP contribution in [0, 0.1) is 10.8 Å². The molecule has 0 aliphatic heterocycles. The number of nitrogens with one attached hydrogen (secondary N) is 4. The minimum absolute atomic E-state index is 0.0329. The van der Waals surface area contributed by atoms with Crippen LogP contribution in [0.25, 0.3) is 0 Å². The quantitative estimate of drug-likeness (QED) is 0.0601. The molecule has 45 heavy (non-hydrogen) atoms. The summed E-state index contributed by atoms with van der Waals surface area (Å²) in [5.74, 6) is 0.853. The Morgan fingerprint density at radius 1 is 0.600 bits per heavy atom. The standard InChI is InChI=1S/C31H34N6O6S2/c32-30(33)24-4-1-6-28(18-24)44(38,39)36-20-22-8-12-26(13-9-22)42-16-3-17-43-27-14-10-23(11-15-27)21-37-45(40,41)29-7-2-5-25(19-29)31(34)35/h1-2,4-15,18-19,36-37H,3,16-17,20-21H2,(H3,32,33)(H3,34,35). The fourth-order valence-corrected chi connectivity index (χ4v) is 6.16. The van der Waals surface area contributed by atoms with Crippen LogP contribution in [0.1, 0.15) is 28.7 Å². The highest BCUT2D eigenvalue weighted by molar-refractivity contribution is 7.89. The molecule has 4 aromatic carbocycles. The maximum Gasteiger partial charge on any atom is 0.240 e. The molecule has 4 rings (SSSR count). The second-order valence-corrected chi connectivity index (χ2v) is 13.4. The number of amidine groups is 2. The number of nitrogens with two attached hydrogens (primary N) is 2. The molecule has 0 radical (unpaired) electrons. The van der Waals surface area contributed by atoms with Gasteiger partial charge in [-0.3, -0.25) is 10.8 Å². The first-order valence-electron chi connectivity index (χ1n) is 13.7. The minimum Gasteiger partial charge on any atom is -0.493 e. The topological polar surface area (TPSA) is 211 Å². The van der Waals surface area contributed by atoms with Crippen LogP contribution in [0.2, 0.25) is 0 Å². The number of nitrogen functional groups attached to an aromatic ring is 2. The van der Waals surface area contributed by atoms with Crippen molar-refractivity contribution in [3.8, 4) is 11.5 Å². The fraction of sp³-hybridized carbons (Fsp3) is 0.161. The van der Waals surface area contributed by atoms with Crippen molar-refractivity contribution in [2.45, 2.75) is 29.3 Å². The molecule has 0 unspecified atom stereocenters. The molecule has 0 fully saturated rings. The van der Waals surface area contributed by atoms with Crippen molar-refractivity contribution in [3.63, 3.8) is 0 Å². The third-order valence-electron chi connectivity index (χ3n) is 6.52. The Morgan fingerprint density at radius 2 is 0.978 bits per heavy atom. The van der Waals surface area contributed by atoms with Crippen molar-refractivity contribution < 1.29 is 26.3 Å². The lowest BCUT2D eigenvalue weighted by atomic mass is 10.2. The molecule has 0 spiro atoms. The summed E-state index contributed by atoms with van der Waals surface area (Å²) < 4.78 is 67.1. The van der Waals surface area contributed by atoms with Crippen molar-refractivity contribution in [3.05, 3.63) is 119 Å². The summed E-state index contributed by atoms with van der Waals surface area (Å²) in [6.07, 6.45) is 0.613. The Morgan fingerprint density at radius 3 is 1.33 bits per heavy atom. The van der Waals surface area contributed by atoms with E-state index in [1.165, 1.54) is 36.4 Å². The van der Waals surface area contributed by atoms with Crippen LogP contribution >= 0.6 is 0 Å². The average molecular weight is 651 g/mol. The lowest BCUT2D eigenvalue weighted by molar-refractivity contribution is 0.247. The van der Waals surface area contributed by atoms with Gasteiger partial charge in [0.1, 0.15) is 23.2 Å². The van der Waals surface area contributed by atoms with Crippen LogP contribution in [0.5, 0.6) is 11.5 Å². The number of ether oxygens (including phenoxy) is 2. The third-order valence-corrected chi connectivity index (χ3v) is 9.31. The zero-order valence-electron chi connectivity index (χ0n) is 24.2. The summed E-state index contributed by atoms with van der Waals surface area (Å²) in [6.45, 7) is 0.979. The molecule has 12 nitrogen and oxygen atoms in total. The highest BCUT2D eigenvalue weighted by atomic mass is 32.2. The Kier molecular flexibility index (Phi) is 10.9. The van der Waals surface area contributed by atoms with E-state index in [2.05, 4.69) is 9.44 Å². The molecule has 8 N–H and O–H groups in total. The van der Waals surface area contributed by atoms with Crippen molar-refractivity contribution >= 4 is 31.7 Å². The Labute approximate surface area is 262 Å².